The summed E-state index contributed by atoms with van der Waals surface area (Å²) in [6.45, 7) is 9.19. The number of Topliss-reactive ketones (excluding diaryl/α,β-unsaturated/α-hetero) is 2. The van der Waals surface area contributed by atoms with Gasteiger partial charge in [0.2, 0.25) is 0 Å². The molecule has 2 atom stereocenters. The van der Waals surface area contributed by atoms with Gasteiger partial charge in [-0.05, 0) is 110 Å². The molecule has 0 aliphatic heterocycles. The lowest BCUT2D eigenvalue weighted by Crippen LogP contribution is -2.36. The number of anilines is 3. The Balaban J connectivity index is 0.854. The Labute approximate surface area is 351 Å². The van der Waals surface area contributed by atoms with Crippen LogP contribution in [-0.2, 0) is 10.8 Å². The van der Waals surface area contributed by atoms with Crippen molar-refractivity contribution >= 4 is 28.6 Å². The van der Waals surface area contributed by atoms with Crippen LogP contribution in [0.5, 0.6) is 0 Å². The zero-order valence-corrected chi connectivity index (χ0v) is 34.1. The van der Waals surface area contributed by atoms with Crippen molar-refractivity contribution in [1.82, 2.24) is 0 Å². The Bertz CT molecular complexity index is 3050. The fraction of sp³-hybridized carbons (Fsp3) is 0.143. The summed E-state index contributed by atoms with van der Waals surface area (Å²) in [6, 6.07) is 53.1. The van der Waals surface area contributed by atoms with Crippen molar-refractivity contribution in [3.63, 3.8) is 0 Å². The van der Waals surface area contributed by atoms with Gasteiger partial charge in [0.25, 0.3) is 0 Å². The average molecular weight is 777 g/mol. The van der Waals surface area contributed by atoms with Gasteiger partial charge in [-0.1, -0.05) is 143 Å². The molecule has 0 aromatic heterocycles. The van der Waals surface area contributed by atoms with Crippen LogP contribution in [0.2, 0.25) is 0 Å². The first kappa shape index (κ1) is 36.1. The van der Waals surface area contributed by atoms with Crippen LogP contribution in [0.3, 0.4) is 0 Å². The molecule has 0 radical (unpaired) electrons. The molecule has 0 fully saturated rings. The molecule has 2 N–H and O–H groups in total. The maximum atomic E-state index is 14.2. The van der Waals surface area contributed by atoms with E-state index in [0.717, 1.165) is 45.0 Å². The number of allylic oxidation sites excluding steroid dienone is 3. The lowest BCUT2D eigenvalue weighted by molar-refractivity contribution is 0.0801. The smallest absolute Gasteiger partial charge is 0.171 e. The van der Waals surface area contributed by atoms with E-state index in [0.29, 0.717) is 11.1 Å². The van der Waals surface area contributed by atoms with Crippen molar-refractivity contribution in [1.29, 1.82) is 0 Å². The molecule has 7 aromatic carbocycles. The SMILES string of the molecule is CC1(C)c2ccccc2-c2ccc(-c3ccccc3NC3=CC4C(=O)c5ccc(Nc6ccccc6-c6ccc7c(c6)C(C)(C)c6ccccc6-7)cc5C(=O)C4C=C3)cc21. The predicted molar refractivity (Wildman–Crippen MR) is 245 cm³/mol. The zero-order valence-electron chi connectivity index (χ0n) is 34.1. The minimum atomic E-state index is -0.585. The van der Waals surface area contributed by atoms with Gasteiger partial charge in [-0.2, -0.15) is 0 Å². The summed E-state index contributed by atoms with van der Waals surface area (Å²) in [5, 5.41) is 7.23. The number of ketones is 2. The summed E-state index contributed by atoms with van der Waals surface area (Å²) in [6.07, 6.45) is 5.79. The molecule has 0 saturated carbocycles. The molecule has 0 heterocycles. The third-order valence-corrected chi connectivity index (χ3v) is 13.6. The molecular weight excluding hydrogens is 733 g/mol. The van der Waals surface area contributed by atoms with E-state index in [1.54, 1.807) is 0 Å². The molecule has 4 nitrogen and oxygen atoms in total. The van der Waals surface area contributed by atoms with Crippen molar-refractivity contribution in [2.45, 2.75) is 38.5 Å². The fourth-order valence-corrected chi connectivity index (χ4v) is 10.4. The highest BCUT2D eigenvalue weighted by molar-refractivity contribution is 6.18. The van der Waals surface area contributed by atoms with Crippen LogP contribution in [0.15, 0.2) is 176 Å². The molecule has 11 rings (SSSR count). The molecule has 290 valence electrons. The Morgan fingerprint density at radius 2 is 0.883 bits per heavy atom. The molecule has 4 heteroatoms. The lowest BCUT2D eigenvalue weighted by atomic mass is 9.72. The van der Waals surface area contributed by atoms with Gasteiger partial charge < -0.3 is 10.6 Å². The number of fused-ring (bicyclic) bond motifs is 8. The summed E-state index contributed by atoms with van der Waals surface area (Å²) in [5.74, 6) is -1.23. The number of hydrogen-bond donors (Lipinski definition) is 2. The van der Waals surface area contributed by atoms with E-state index in [2.05, 4.69) is 160 Å². The first-order valence-corrected chi connectivity index (χ1v) is 20.9. The van der Waals surface area contributed by atoms with Crippen LogP contribution in [-0.4, -0.2) is 11.6 Å². The molecule has 2 unspecified atom stereocenters. The highest BCUT2D eigenvalue weighted by atomic mass is 16.1. The van der Waals surface area contributed by atoms with E-state index in [1.165, 1.54) is 44.5 Å². The largest absolute Gasteiger partial charge is 0.355 e. The molecule has 60 heavy (non-hydrogen) atoms. The van der Waals surface area contributed by atoms with E-state index >= 15 is 0 Å². The summed E-state index contributed by atoms with van der Waals surface area (Å²) in [7, 11) is 0. The fourth-order valence-electron chi connectivity index (χ4n) is 10.4. The third kappa shape index (κ3) is 5.44. The zero-order chi connectivity index (χ0) is 40.9. The average Bonchev–Trinajstić information content (AvgIpc) is 3.65. The topological polar surface area (TPSA) is 58.2 Å². The predicted octanol–water partition coefficient (Wildman–Crippen LogP) is 13.6. The number of rotatable bonds is 6. The quantitative estimate of drug-likeness (QED) is 0.177. The van der Waals surface area contributed by atoms with E-state index < -0.39 is 11.8 Å². The van der Waals surface area contributed by atoms with Crippen molar-refractivity contribution < 1.29 is 9.59 Å². The Morgan fingerprint density at radius 1 is 0.417 bits per heavy atom. The maximum absolute atomic E-state index is 14.2. The molecule has 0 bridgehead atoms. The number of benzene rings is 7. The van der Waals surface area contributed by atoms with Gasteiger partial charge >= 0.3 is 0 Å². The highest BCUT2D eigenvalue weighted by Gasteiger charge is 2.41. The molecule has 0 spiro atoms. The number of carbonyl (C=O) groups excluding carboxylic acids is 2. The second-order valence-corrected chi connectivity index (χ2v) is 17.7. The summed E-state index contributed by atoms with van der Waals surface area (Å²) in [5.41, 5.74) is 19.1. The normalized spacial score (nSPS) is 18.4. The van der Waals surface area contributed by atoms with Crippen LogP contribution in [0.1, 0.15) is 70.7 Å². The second-order valence-electron chi connectivity index (χ2n) is 17.7. The number of para-hydroxylation sites is 2. The summed E-state index contributed by atoms with van der Waals surface area (Å²) in [4.78, 5) is 28.4. The van der Waals surface area contributed by atoms with Gasteiger partial charge in [0.15, 0.2) is 11.6 Å². The molecule has 4 aliphatic carbocycles. The minimum absolute atomic E-state index is 0.0411. The standard InChI is InChI=1S/C56H44N2O2/c1-55(2)47-17-9-5-15-39(47)41-25-21-33(29-49(41)55)37-13-7-11-19-51(37)57-35-23-27-43-45(31-35)53(59)44-28-24-36(32-46(44)54(43)60)58-52-20-12-8-14-38(52)34-22-26-42-40-16-6-10-18-48(40)56(3,4)50(42)30-34/h5-32,43,45,57-58H,1-4H3. The van der Waals surface area contributed by atoms with Gasteiger partial charge in [-0.15, -0.1) is 0 Å². The van der Waals surface area contributed by atoms with Gasteiger partial charge in [-0.3, -0.25) is 9.59 Å². The van der Waals surface area contributed by atoms with Crippen molar-refractivity contribution in [2.75, 3.05) is 10.6 Å². The van der Waals surface area contributed by atoms with E-state index in [1.807, 2.05) is 48.6 Å². The second kappa shape index (κ2) is 13.2. The van der Waals surface area contributed by atoms with Crippen molar-refractivity contribution in [2.24, 2.45) is 11.8 Å². The molecule has 0 saturated heterocycles. The van der Waals surface area contributed by atoms with Crippen LogP contribution < -0.4 is 10.6 Å². The third-order valence-electron chi connectivity index (χ3n) is 13.6. The van der Waals surface area contributed by atoms with Crippen molar-refractivity contribution in [3.8, 4) is 44.5 Å². The van der Waals surface area contributed by atoms with Crippen molar-refractivity contribution in [3.05, 3.63) is 209 Å². The number of carbonyl (C=O) groups is 2. The van der Waals surface area contributed by atoms with Gasteiger partial charge in [-0.25, -0.2) is 0 Å². The number of hydrogen-bond acceptors (Lipinski definition) is 4. The van der Waals surface area contributed by atoms with Gasteiger partial charge in [0.05, 0.1) is 11.8 Å². The van der Waals surface area contributed by atoms with Gasteiger partial charge in [0, 0.05) is 55.8 Å². The van der Waals surface area contributed by atoms with E-state index in [4.69, 9.17) is 0 Å². The highest BCUT2D eigenvalue weighted by Crippen LogP contribution is 2.51. The Morgan fingerprint density at radius 3 is 1.47 bits per heavy atom. The molecule has 0 amide bonds. The molecular formula is C56H44N2O2. The number of nitrogens with one attached hydrogen (secondary N) is 2. The Hall–Kier alpha value is -7.04. The van der Waals surface area contributed by atoms with Crippen LogP contribution in [0, 0.1) is 11.8 Å². The molecule has 4 aliphatic rings. The van der Waals surface area contributed by atoms with Crippen LogP contribution in [0.25, 0.3) is 44.5 Å². The van der Waals surface area contributed by atoms with Crippen LogP contribution >= 0.6 is 0 Å². The molecule has 7 aromatic rings. The summed E-state index contributed by atoms with van der Waals surface area (Å²) < 4.78 is 0. The maximum Gasteiger partial charge on any atom is 0.171 e. The lowest BCUT2D eigenvalue weighted by Gasteiger charge is -2.30. The monoisotopic (exact) mass is 776 g/mol. The van der Waals surface area contributed by atoms with Gasteiger partial charge in [0.1, 0.15) is 0 Å². The first-order chi connectivity index (χ1) is 29.1. The van der Waals surface area contributed by atoms with E-state index in [9.17, 15) is 9.59 Å². The first-order valence-electron chi connectivity index (χ1n) is 20.9. The van der Waals surface area contributed by atoms with E-state index in [-0.39, 0.29) is 22.4 Å². The van der Waals surface area contributed by atoms with Crippen LogP contribution in [0.4, 0.5) is 17.1 Å². The minimum Gasteiger partial charge on any atom is -0.355 e. The summed E-state index contributed by atoms with van der Waals surface area (Å²) >= 11 is 0. The Kier molecular flexibility index (Phi) is 7.96.